The van der Waals surface area contributed by atoms with Crippen molar-refractivity contribution >= 4 is 0 Å². The molecule has 0 amide bonds. The van der Waals surface area contributed by atoms with Gasteiger partial charge in [0.1, 0.15) is 11.9 Å². The number of aromatic nitrogens is 2. The van der Waals surface area contributed by atoms with Gasteiger partial charge >= 0.3 is 0 Å². The van der Waals surface area contributed by atoms with Crippen LogP contribution in [0.2, 0.25) is 0 Å². The van der Waals surface area contributed by atoms with Crippen LogP contribution in [0.25, 0.3) is 11.5 Å². The SMILES string of the molecule is CNC(c1ccccc1)c1nnc(-c2cccc(F)c2)o1. The molecule has 1 unspecified atom stereocenters. The lowest BCUT2D eigenvalue weighted by Gasteiger charge is -2.11. The summed E-state index contributed by atoms with van der Waals surface area (Å²) in [6, 6.07) is 15.7. The van der Waals surface area contributed by atoms with Gasteiger partial charge in [0.15, 0.2) is 0 Å². The number of nitrogens with one attached hydrogen (secondary N) is 1. The summed E-state index contributed by atoms with van der Waals surface area (Å²) in [5.41, 5.74) is 1.59. The average molecular weight is 283 g/mol. The molecule has 4 nitrogen and oxygen atoms in total. The van der Waals surface area contributed by atoms with E-state index in [1.165, 1.54) is 12.1 Å². The molecule has 0 saturated carbocycles. The van der Waals surface area contributed by atoms with Crippen molar-refractivity contribution in [2.24, 2.45) is 0 Å². The monoisotopic (exact) mass is 283 g/mol. The molecule has 21 heavy (non-hydrogen) atoms. The molecule has 1 N–H and O–H groups in total. The number of halogens is 1. The molecule has 1 atom stereocenters. The molecule has 2 aromatic carbocycles. The number of benzene rings is 2. The summed E-state index contributed by atoms with van der Waals surface area (Å²) < 4.78 is 18.9. The van der Waals surface area contributed by atoms with Crippen molar-refractivity contribution in [2.45, 2.75) is 6.04 Å². The Morgan fingerprint density at radius 1 is 1.05 bits per heavy atom. The topological polar surface area (TPSA) is 51.0 Å². The third kappa shape index (κ3) is 2.83. The second-order valence-corrected chi connectivity index (χ2v) is 4.59. The summed E-state index contributed by atoms with van der Waals surface area (Å²) in [5, 5.41) is 11.2. The van der Waals surface area contributed by atoms with E-state index in [-0.39, 0.29) is 11.9 Å². The minimum atomic E-state index is -0.333. The molecule has 106 valence electrons. The van der Waals surface area contributed by atoms with E-state index in [1.54, 1.807) is 12.1 Å². The van der Waals surface area contributed by atoms with Crippen LogP contribution in [0.5, 0.6) is 0 Å². The molecule has 0 fully saturated rings. The van der Waals surface area contributed by atoms with E-state index in [2.05, 4.69) is 15.5 Å². The normalized spacial score (nSPS) is 12.3. The van der Waals surface area contributed by atoms with Gasteiger partial charge < -0.3 is 9.73 Å². The fraction of sp³-hybridized carbons (Fsp3) is 0.125. The van der Waals surface area contributed by atoms with Crippen molar-refractivity contribution in [3.8, 4) is 11.5 Å². The first kappa shape index (κ1) is 13.5. The number of hydrogen-bond donors (Lipinski definition) is 1. The highest BCUT2D eigenvalue weighted by molar-refractivity contribution is 5.52. The van der Waals surface area contributed by atoms with Crippen LogP contribution in [0.4, 0.5) is 4.39 Å². The molecule has 1 aromatic heterocycles. The Kier molecular flexibility index (Phi) is 3.75. The third-order valence-electron chi connectivity index (χ3n) is 3.18. The van der Waals surface area contributed by atoms with Crippen LogP contribution in [-0.2, 0) is 0 Å². The summed E-state index contributed by atoms with van der Waals surface area (Å²) in [5.74, 6) is 0.420. The van der Waals surface area contributed by atoms with Gasteiger partial charge in [0.25, 0.3) is 0 Å². The van der Waals surface area contributed by atoms with E-state index in [4.69, 9.17) is 4.42 Å². The van der Waals surface area contributed by atoms with E-state index in [9.17, 15) is 4.39 Å². The lowest BCUT2D eigenvalue weighted by Crippen LogP contribution is -2.17. The fourth-order valence-electron chi connectivity index (χ4n) is 2.17. The molecule has 3 aromatic rings. The molecule has 1 heterocycles. The van der Waals surface area contributed by atoms with Gasteiger partial charge in [-0.05, 0) is 30.8 Å². The van der Waals surface area contributed by atoms with Crippen molar-refractivity contribution in [1.82, 2.24) is 15.5 Å². The van der Waals surface area contributed by atoms with Crippen LogP contribution in [0, 0.1) is 5.82 Å². The standard InChI is InChI=1S/C16H14FN3O/c1-18-14(11-6-3-2-4-7-11)16-20-19-15(21-16)12-8-5-9-13(17)10-12/h2-10,14,18H,1H3. The predicted molar refractivity (Wildman–Crippen MR) is 77.0 cm³/mol. The zero-order chi connectivity index (χ0) is 14.7. The van der Waals surface area contributed by atoms with Crippen LogP contribution >= 0.6 is 0 Å². The summed E-state index contributed by atoms with van der Waals surface area (Å²) >= 11 is 0. The van der Waals surface area contributed by atoms with Crippen LogP contribution in [0.3, 0.4) is 0 Å². The van der Waals surface area contributed by atoms with Crippen molar-refractivity contribution < 1.29 is 8.81 Å². The van der Waals surface area contributed by atoms with Crippen LogP contribution < -0.4 is 5.32 Å². The molecule has 5 heteroatoms. The van der Waals surface area contributed by atoms with Gasteiger partial charge in [-0.3, -0.25) is 0 Å². The second-order valence-electron chi connectivity index (χ2n) is 4.59. The highest BCUT2D eigenvalue weighted by atomic mass is 19.1. The van der Waals surface area contributed by atoms with Gasteiger partial charge in [-0.25, -0.2) is 4.39 Å². The smallest absolute Gasteiger partial charge is 0.247 e. The van der Waals surface area contributed by atoms with Gasteiger partial charge in [-0.2, -0.15) is 0 Å². The molecule has 0 aliphatic heterocycles. The Bertz CT molecular complexity index is 727. The largest absolute Gasteiger partial charge is 0.419 e. The predicted octanol–water partition coefficient (Wildman–Crippen LogP) is 3.18. The van der Waals surface area contributed by atoms with Crippen LogP contribution in [0.1, 0.15) is 17.5 Å². The average Bonchev–Trinajstić information content (AvgIpc) is 2.99. The summed E-state index contributed by atoms with van der Waals surface area (Å²) in [7, 11) is 1.82. The fourth-order valence-corrected chi connectivity index (χ4v) is 2.17. The van der Waals surface area contributed by atoms with E-state index >= 15 is 0 Å². The van der Waals surface area contributed by atoms with Gasteiger partial charge in [-0.1, -0.05) is 36.4 Å². The van der Waals surface area contributed by atoms with E-state index in [1.807, 2.05) is 37.4 Å². The minimum Gasteiger partial charge on any atom is -0.419 e. The molecule has 3 rings (SSSR count). The Morgan fingerprint density at radius 3 is 2.57 bits per heavy atom. The Labute approximate surface area is 121 Å². The Hall–Kier alpha value is -2.53. The van der Waals surface area contributed by atoms with Gasteiger partial charge in [0.2, 0.25) is 11.8 Å². The first-order chi connectivity index (χ1) is 10.3. The maximum absolute atomic E-state index is 13.2. The molecule has 0 bridgehead atoms. The quantitative estimate of drug-likeness (QED) is 0.799. The maximum atomic E-state index is 13.2. The molecule has 0 aliphatic carbocycles. The van der Waals surface area contributed by atoms with Crippen molar-refractivity contribution in [2.75, 3.05) is 7.05 Å². The Morgan fingerprint density at radius 2 is 1.86 bits per heavy atom. The van der Waals surface area contributed by atoms with Crippen LogP contribution in [-0.4, -0.2) is 17.2 Å². The maximum Gasteiger partial charge on any atom is 0.247 e. The first-order valence-corrected chi connectivity index (χ1v) is 6.59. The first-order valence-electron chi connectivity index (χ1n) is 6.59. The molecule has 0 aliphatic rings. The summed E-state index contributed by atoms with van der Waals surface area (Å²) in [6.07, 6.45) is 0. The summed E-state index contributed by atoms with van der Waals surface area (Å²) in [4.78, 5) is 0. The Balaban J connectivity index is 1.94. The zero-order valence-electron chi connectivity index (χ0n) is 11.5. The number of nitrogens with zero attached hydrogens (tertiary/aromatic N) is 2. The lowest BCUT2D eigenvalue weighted by molar-refractivity contribution is 0.456. The van der Waals surface area contributed by atoms with Crippen molar-refractivity contribution in [3.05, 3.63) is 71.9 Å². The third-order valence-corrected chi connectivity index (χ3v) is 3.18. The van der Waals surface area contributed by atoms with Gasteiger partial charge in [-0.15, -0.1) is 10.2 Å². The highest BCUT2D eigenvalue weighted by Gasteiger charge is 2.19. The number of hydrogen-bond acceptors (Lipinski definition) is 4. The van der Waals surface area contributed by atoms with Crippen molar-refractivity contribution in [3.63, 3.8) is 0 Å². The lowest BCUT2D eigenvalue weighted by atomic mass is 10.1. The molecule has 0 spiro atoms. The number of rotatable bonds is 4. The van der Waals surface area contributed by atoms with Gasteiger partial charge in [0.05, 0.1) is 0 Å². The highest BCUT2D eigenvalue weighted by Crippen LogP contribution is 2.24. The minimum absolute atomic E-state index is 0.194. The van der Waals surface area contributed by atoms with E-state index < -0.39 is 0 Å². The van der Waals surface area contributed by atoms with E-state index in [0.29, 0.717) is 17.3 Å². The second kappa shape index (κ2) is 5.85. The van der Waals surface area contributed by atoms with Gasteiger partial charge in [0, 0.05) is 5.56 Å². The molecule has 0 radical (unpaired) electrons. The van der Waals surface area contributed by atoms with Crippen LogP contribution in [0.15, 0.2) is 59.0 Å². The van der Waals surface area contributed by atoms with E-state index in [0.717, 1.165) is 5.56 Å². The summed E-state index contributed by atoms with van der Waals surface area (Å²) in [6.45, 7) is 0. The molecule has 0 saturated heterocycles. The van der Waals surface area contributed by atoms with Crippen molar-refractivity contribution in [1.29, 1.82) is 0 Å². The molecular weight excluding hydrogens is 269 g/mol. The zero-order valence-corrected chi connectivity index (χ0v) is 11.5. The molecular formula is C16H14FN3O.